The lowest BCUT2D eigenvalue weighted by Gasteiger charge is -2.38. The maximum atomic E-state index is 12.0. The van der Waals surface area contributed by atoms with Crippen LogP contribution < -0.4 is 9.47 Å². The van der Waals surface area contributed by atoms with Gasteiger partial charge in [-0.25, -0.2) is 4.79 Å². The molecule has 2 aliphatic carbocycles. The number of esters is 1. The van der Waals surface area contributed by atoms with Crippen LogP contribution in [0.4, 0.5) is 0 Å². The minimum Gasteiger partial charge on any atom is -0.491 e. The minimum absolute atomic E-state index is 0.295. The molecule has 0 bridgehead atoms. The maximum absolute atomic E-state index is 12.0. The number of H-pyrrole nitrogens is 1. The highest BCUT2D eigenvalue weighted by atomic mass is 79.9. The third-order valence-electron chi connectivity index (χ3n) is 6.76. The number of nitrogens with one attached hydrogen (secondary N) is 1. The molecular formula is C23H23Br2NO8. The van der Waals surface area contributed by atoms with Gasteiger partial charge >= 0.3 is 5.97 Å². The van der Waals surface area contributed by atoms with E-state index in [1.807, 2.05) is 6.07 Å². The van der Waals surface area contributed by atoms with Crippen molar-refractivity contribution in [1.29, 1.82) is 0 Å². The van der Waals surface area contributed by atoms with E-state index in [2.05, 4.69) is 53.4 Å². The lowest BCUT2D eigenvalue weighted by Crippen LogP contribution is -2.61. The summed E-state index contributed by atoms with van der Waals surface area (Å²) in [5.41, 5.74) is 0.713. The number of rotatable bonds is 6. The van der Waals surface area contributed by atoms with Gasteiger partial charge in [0, 0.05) is 25.0 Å². The zero-order valence-electron chi connectivity index (χ0n) is 18.0. The number of ether oxygens (including phenoxy) is 4. The van der Waals surface area contributed by atoms with E-state index >= 15 is 0 Å². The van der Waals surface area contributed by atoms with Gasteiger partial charge in [0.1, 0.15) is 29.8 Å². The Morgan fingerprint density at radius 2 is 1.88 bits per heavy atom. The number of carbonyl (C=O) groups is 1. The van der Waals surface area contributed by atoms with Gasteiger partial charge in [-0.15, -0.1) is 11.8 Å². The summed E-state index contributed by atoms with van der Waals surface area (Å²) in [6.45, 7) is 0.567. The third kappa shape index (κ3) is 4.10. The Labute approximate surface area is 212 Å². The van der Waals surface area contributed by atoms with Crippen molar-refractivity contribution in [3.8, 4) is 23.3 Å². The molecule has 11 heteroatoms. The van der Waals surface area contributed by atoms with E-state index < -0.39 is 36.7 Å². The molecule has 9 nitrogen and oxygen atoms in total. The fourth-order valence-electron chi connectivity index (χ4n) is 4.71. The standard InChI is InChI=1S/C23H23Br2NO8/c1-31-22(30)21-18(28)17(27)19(29)23(34-21)33-14-7-26-13-6-12(24)20(16(25)15(13)14)32-8-11-9-4-2-3-5-10(9)11/h6-7,9-11,17-19,21,23,26-29H,4-5,8H2,1H3/t9-,10+,11-,17-,18-,19+,21-,23+/m0/s1. The van der Waals surface area contributed by atoms with Crippen LogP contribution in [0.3, 0.4) is 0 Å². The van der Waals surface area contributed by atoms with Crippen LogP contribution in [-0.4, -0.2) is 70.7 Å². The first kappa shape index (κ1) is 23.9. The van der Waals surface area contributed by atoms with Crippen molar-refractivity contribution in [3.63, 3.8) is 0 Å². The monoisotopic (exact) mass is 599 g/mol. The van der Waals surface area contributed by atoms with Crippen LogP contribution in [0.2, 0.25) is 0 Å². The minimum atomic E-state index is -1.67. The summed E-state index contributed by atoms with van der Waals surface area (Å²) in [6.07, 6.45) is -4.47. The molecule has 5 rings (SSSR count). The van der Waals surface area contributed by atoms with E-state index in [9.17, 15) is 20.1 Å². The zero-order valence-corrected chi connectivity index (χ0v) is 21.2. The first-order chi connectivity index (χ1) is 16.3. The van der Waals surface area contributed by atoms with E-state index in [4.69, 9.17) is 14.2 Å². The molecule has 2 fully saturated rings. The van der Waals surface area contributed by atoms with Gasteiger partial charge in [0.2, 0.25) is 6.29 Å². The average Bonchev–Trinajstić information content (AvgIpc) is 3.39. The molecule has 2 heterocycles. The van der Waals surface area contributed by atoms with Crippen molar-refractivity contribution in [2.45, 2.75) is 43.5 Å². The van der Waals surface area contributed by atoms with Crippen molar-refractivity contribution < 1.29 is 39.1 Å². The maximum Gasteiger partial charge on any atom is 0.337 e. The molecule has 0 spiro atoms. The summed E-state index contributed by atoms with van der Waals surface area (Å²) in [5.74, 6) is 8.03. The van der Waals surface area contributed by atoms with Crippen molar-refractivity contribution in [3.05, 3.63) is 21.2 Å². The summed E-state index contributed by atoms with van der Waals surface area (Å²) in [6, 6.07) is 1.85. The second kappa shape index (κ2) is 9.33. The highest BCUT2D eigenvalue weighted by Gasteiger charge is 2.50. The van der Waals surface area contributed by atoms with E-state index in [0.717, 1.165) is 24.4 Å². The Bertz CT molecular complexity index is 1160. The number of aliphatic hydroxyl groups excluding tert-OH is 3. The van der Waals surface area contributed by atoms with Gasteiger partial charge in [-0.1, -0.05) is 0 Å². The molecule has 2 aromatic rings. The number of aromatic amines is 1. The summed E-state index contributed by atoms with van der Waals surface area (Å²) in [4.78, 5) is 15.0. The second-order valence-electron chi connectivity index (χ2n) is 8.68. The molecule has 1 aromatic heterocycles. The SMILES string of the molecule is COC(=O)[C@H]1O[C@@H](Oc2c[nH]c3cc(Br)c(OC[C@@H]4[C@@H]5CC#CC[C@@H]54)c(Br)c23)[C@H](O)[C@@H](O)[C@@H]1O. The molecule has 0 unspecified atom stereocenters. The molecule has 1 saturated heterocycles. The van der Waals surface area contributed by atoms with E-state index in [1.54, 1.807) is 6.20 Å². The van der Waals surface area contributed by atoms with Crippen LogP contribution >= 0.6 is 31.9 Å². The topological polar surface area (TPSA) is 130 Å². The van der Waals surface area contributed by atoms with Crippen molar-refractivity contribution in [2.75, 3.05) is 13.7 Å². The second-order valence-corrected chi connectivity index (χ2v) is 10.3. The number of fused-ring (bicyclic) bond motifs is 2. The Morgan fingerprint density at radius 1 is 1.18 bits per heavy atom. The van der Waals surface area contributed by atoms with Gasteiger partial charge < -0.3 is 39.3 Å². The number of carbonyl (C=O) groups excluding carboxylic acids is 1. The smallest absolute Gasteiger partial charge is 0.337 e. The molecule has 0 amide bonds. The molecule has 1 aromatic carbocycles. The van der Waals surface area contributed by atoms with Gasteiger partial charge in [0.05, 0.1) is 33.6 Å². The van der Waals surface area contributed by atoms with Gasteiger partial charge in [0.15, 0.2) is 6.10 Å². The largest absolute Gasteiger partial charge is 0.491 e. The van der Waals surface area contributed by atoms with E-state index in [-0.39, 0.29) is 0 Å². The molecule has 1 saturated carbocycles. The lowest BCUT2D eigenvalue weighted by atomic mass is 9.99. The van der Waals surface area contributed by atoms with Gasteiger partial charge in [0.25, 0.3) is 0 Å². The highest BCUT2D eigenvalue weighted by molar-refractivity contribution is 9.11. The molecule has 0 radical (unpaired) electrons. The third-order valence-corrected chi connectivity index (χ3v) is 8.10. The number of aliphatic hydroxyl groups is 3. The van der Waals surface area contributed by atoms with Crippen LogP contribution in [0.1, 0.15) is 12.8 Å². The van der Waals surface area contributed by atoms with Crippen molar-refractivity contribution in [2.24, 2.45) is 17.8 Å². The number of methoxy groups -OCH3 is 1. The Morgan fingerprint density at radius 3 is 2.56 bits per heavy atom. The first-order valence-electron chi connectivity index (χ1n) is 10.8. The van der Waals surface area contributed by atoms with Gasteiger partial charge in [-0.2, -0.15) is 0 Å². The molecule has 34 heavy (non-hydrogen) atoms. The normalized spacial score (nSPS) is 34.1. The predicted molar refractivity (Wildman–Crippen MR) is 126 cm³/mol. The van der Waals surface area contributed by atoms with E-state index in [0.29, 0.717) is 51.2 Å². The number of hydrogen-bond donors (Lipinski definition) is 4. The van der Waals surface area contributed by atoms with E-state index in [1.165, 1.54) is 0 Å². The predicted octanol–water partition coefficient (Wildman–Crippen LogP) is 2.09. The number of halogens is 2. The number of hydrogen-bond acceptors (Lipinski definition) is 8. The van der Waals surface area contributed by atoms with Crippen LogP contribution in [0.15, 0.2) is 21.2 Å². The highest BCUT2D eigenvalue weighted by Crippen LogP contribution is 2.53. The molecule has 8 atom stereocenters. The summed E-state index contributed by atoms with van der Waals surface area (Å²) in [7, 11) is 1.13. The van der Waals surface area contributed by atoms with Crippen LogP contribution in [0.25, 0.3) is 10.9 Å². The Balaban J connectivity index is 1.37. The Kier molecular flexibility index (Phi) is 6.56. The van der Waals surface area contributed by atoms with Gasteiger partial charge in [-0.05, 0) is 49.8 Å². The number of aromatic nitrogens is 1. The van der Waals surface area contributed by atoms with Crippen molar-refractivity contribution >= 4 is 48.7 Å². The fourth-order valence-corrected chi connectivity index (χ4v) is 6.26. The Hall–Kier alpha value is -1.81. The average molecular weight is 601 g/mol. The molecule has 3 aliphatic rings. The van der Waals surface area contributed by atoms with Crippen LogP contribution in [-0.2, 0) is 14.3 Å². The quantitative estimate of drug-likeness (QED) is 0.293. The molecule has 1 aliphatic heterocycles. The van der Waals surface area contributed by atoms with Gasteiger partial charge in [-0.3, -0.25) is 0 Å². The van der Waals surface area contributed by atoms with Crippen LogP contribution in [0.5, 0.6) is 11.5 Å². The summed E-state index contributed by atoms with van der Waals surface area (Å²) in [5, 5.41) is 31.3. The molecule has 182 valence electrons. The summed E-state index contributed by atoms with van der Waals surface area (Å²) >= 11 is 7.17. The summed E-state index contributed by atoms with van der Waals surface area (Å²) < 4.78 is 23.5. The van der Waals surface area contributed by atoms with Crippen LogP contribution in [0, 0.1) is 29.6 Å². The molecular weight excluding hydrogens is 578 g/mol. The lowest BCUT2D eigenvalue weighted by molar-refractivity contribution is -0.271. The zero-order chi connectivity index (χ0) is 24.1. The fraction of sp³-hybridized carbons (Fsp3) is 0.522. The van der Waals surface area contributed by atoms with Crippen molar-refractivity contribution in [1.82, 2.24) is 4.98 Å². The number of benzene rings is 1. The first-order valence-corrected chi connectivity index (χ1v) is 12.4. The molecule has 4 N–H and O–H groups in total.